The van der Waals surface area contributed by atoms with Crippen LogP contribution in [0.3, 0.4) is 0 Å². The highest BCUT2D eigenvalue weighted by molar-refractivity contribution is 5.30. The minimum atomic E-state index is -2.81. The zero-order valence-electron chi connectivity index (χ0n) is 9.88. The van der Waals surface area contributed by atoms with Gasteiger partial charge >= 0.3 is 0 Å². The van der Waals surface area contributed by atoms with Gasteiger partial charge in [-0.05, 0) is 31.5 Å². The molecule has 1 N–H and O–H groups in total. The fourth-order valence-corrected chi connectivity index (χ4v) is 1.95. The van der Waals surface area contributed by atoms with Crippen LogP contribution in [-0.4, -0.2) is 19.2 Å². The summed E-state index contributed by atoms with van der Waals surface area (Å²) in [7, 11) is 0. The van der Waals surface area contributed by atoms with Crippen LogP contribution in [0.25, 0.3) is 0 Å². The van der Waals surface area contributed by atoms with Gasteiger partial charge in [0, 0.05) is 18.5 Å². The van der Waals surface area contributed by atoms with Crippen LogP contribution in [0.2, 0.25) is 0 Å². The van der Waals surface area contributed by atoms with Gasteiger partial charge in [-0.1, -0.05) is 12.1 Å². The molecule has 1 aliphatic rings. The average Bonchev–Trinajstić information content (AvgIpc) is 2.78. The number of nitrogens with one attached hydrogen (secondary N) is 1. The van der Waals surface area contributed by atoms with Gasteiger partial charge in [0.1, 0.15) is 12.4 Å². The third kappa shape index (κ3) is 3.40. The molecule has 1 saturated heterocycles. The molecule has 0 aliphatic carbocycles. The van der Waals surface area contributed by atoms with Crippen molar-refractivity contribution in [2.75, 3.05) is 13.2 Å². The van der Waals surface area contributed by atoms with E-state index in [1.807, 2.05) is 0 Å². The Bertz CT molecular complexity index is 370. The molecule has 0 aromatic heterocycles. The van der Waals surface area contributed by atoms with Gasteiger partial charge in [0.25, 0.3) is 5.92 Å². The summed E-state index contributed by atoms with van der Waals surface area (Å²) in [6.07, 6.45) is 2.24. The summed E-state index contributed by atoms with van der Waals surface area (Å²) in [6.45, 7) is 2.45. The van der Waals surface area contributed by atoms with Gasteiger partial charge in [-0.25, -0.2) is 8.78 Å². The van der Waals surface area contributed by atoms with E-state index in [0.29, 0.717) is 18.4 Å². The molecule has 1 fully saturated rings. The van der Waals surface area contributed by atoms with Crippen molar-refractivity contribution in [3.63, 3.8) is 0 Å². The molecule has 2 rings (SSSR count). The molecule has 17 heavy (non-hydrogen) atoms. The molecule has 94 valence electrons. The lowest BCUT2D eigenvalue weighted by molar-refractivity contribution is 0.0172. The second kappa shape index (κ2) is 5.00. The van der Waals surface area contributed by atoms with E-state index in [9.17, 15) is 8.78 Å². The van der Waals surface area contributed by atoms with Gasteiger partial charge in [-0.3, -0.25) is 0 Å². The number of benzene rings is 1. The zero-order chi connectivity index (χ0) is 12.3. The van der Waals surface area contributed by atoms with E-state index in [0.717, 1.165) is 26.3 Å². The van der Waals surface area contributed by atoms with Crippen molar-refractivity contribution in [2.45, 2.75) is 31.7 Å². The largest absolute Gasteiger partial charge is 0.492 e. The molecule has 0 saturated carbocycles. The van der Waals surface area contributed by atoms with Crippen LogP contribution in [-0.2, 0) is 5.92 Å². The van der Waals surface area contributed by atoms with Gasteiger partial charge in [-0.15, -0.1) is 0 Å². The first-order valence-corrected chi connectivity index (χ1v) is 5.90. The number of ether oxygens (including phenoxy) is 1. The SMILES string of the molecule is CC(F)(F)c1cccc(OCC2CCCN2)c1. The van der Waals surface area contributed by atoms with Gasteiger partial charge < -0.3 is 10.1 Å². The van der Waals surface area contributed by atoms with E-state index >= 15 is 0 Å². The summed E-state index contributed by atoms with van der Waals surface area (Å²) in [6, 6.07) is 6.49. The number of hydrogen-bond acceptors (Lipinski definition) is 2. The fourth-order valence-electron chi connectivity index (χ4n) is 1.95. The minimum absolute atomic E-state index is 0.00520. The quantitative estimate of drug-likeness (QED) is 0.875. The van der Waals surface area contributed by atoms with Crippen molar-refractivity contribution in [2.24, 2.45) is 0 Å². The maximum atomic E-state index is 13.1. The standard InChI is InChI=1S/C13H17F2NO/c1-13(14,15)10-4-2-6-12(8-10)17-9-11-5-3-7-16-11/h2,4,6,8,11,16H,3,5,7,9H2,1H3. The summed E-state index contributed by atoms with van der Waals surface area (Å²) < 4.78 is 31.7. The van der Waals surface area contributed by atoms with Gasteiger partial charge in [0.15, 0.2) is 0 Å². The van der Waals surface area contributed by atoms with E-state index in [1.54, 1.807) is 12.1 Å². The fraction of sp³-hybridized carbons (Fsp3) is 0.538. The van der Waals surface area contributed by atoms with E-state index < -0.39 is 5.92 Å². The number of halogens is 2. The van der Waals surface area contributed by atoms with Crippen LogP contribution in [0.15, 0.2) is 24.3 Å². The highest BCUT2D eigenvalue weighted by Crippen LogP contribution is 2.29. The average molecular weight is 241 g/mol. The Morgan fingerprint density at radius 2 is 2.29 bits per heavy atom. The summed E-state index contributed by atoms with van der Waals surface area (Å²) in [5.74, 6) is -2.30. The Kier molecular flexibility index (Phi) is 3.62. The van der Waals surface area contributed by atoms with Crippen LogP contribution >= 0.6 is 0 Å². The Labute approximate surface area is 100.0 Å². The molecule has 1 atom stereocenters. The molecule has 1 heterocycles. The summed E-state index contributed by atoms with van der Waals surface area (Å²) in [5.41, 5.74) is -0.00520. The molecule has 0 amide bonds. The van der Waals surface area contributed by atoms with E-state index in [1.165, 1.54) is 12.1 Å². The second-order valence-corrected chi connectivity index (χ2v) is 4.52. The maximum absolute atomic E-state index is 13.1. The first kappa shape index (κ1) is 12.3. The zero-order valence-corrected chi connectivity index (χ0v) is 9.88. The lowest BCUT2D eigenvalue weighted by Gasteiger charge is -2.15. The van der Waals surface area contributed by atoms with Crippen molar-refractivity contribution >= 4 is 0 Å². The van der Waals surface area contributed by atoms with E-state index in [4.69, 9.17) is 4.74 Å². The Morgan fingerprint density at radius 1 is 1.47 bits per heavy atom. The normalized spacial score (nSPS) is 20.5. The minimum Gasteiger partial charge on any atom is -0.492 e. The van der Waals surface area contributed by atoms with Crippen LogP contribution < -0.4 is 10.1 Å². The first-order valence-electron chi connectivity index (χ1n) is 5.90. The number of hydrogen-bond donors (Lipinski definition) is 1. The molecular formula is C13H17F2NO. The van der Waals surface area contributed by atoms with Gasteiger partial charge in [0.05, 0.1) is 0 Å². The van der Waals surface area contributed by atoms with E-state index in [-0.39, 0.29) is 5.56 Å². The predicted octanol–water partition coefficient (Wildman–Crippen LogP) is 2.93. The molecule has 2 nitrogen and oxygen atoms in total. The molecule has 1 aromatic carbocycles. The number of rotatable bonds is 4. The highest BCUT2D eigenvalue weighted by Gasteiger charge is 2.24. The Hall–Kier alpha value is -1.16. The molecule has 0 radical (unpaired) electrons. The van der Waals surface area contributed by atoms with Gasteiger partial charge in [0.2, 0.25) is 0 Å². The van der Waals surface area contributed by atoms with Crippen molar-refractivity contribution < 1.29 is 13.5 Å². The lowest BCUT2D eigenvalue weighted by Crippen LogP contribution is -2.28. The molecule has 1 aromatic rings. The molecule has 0 spiro atoms. The summed E-state index contributed by atoms with van der Waals surface area (Å²) in [5, 5.41) is 3.30. The second-order valence-electron chi connectivity index (χ2n) is 4.52. The van der Waals surface area contributed by atoms with Crippen molar-refractivity contribution in [1.29, 1.82) is 0 Å². The highest BCUT2D eigenvalue weighted by atomic mass is 19.3. The monoisotopic (exact) mass is 241 g/mol. The van der Waals surface area contributed by atoms with Crippen LogP contribution in [0.1, 0.15) is 25.3 Å². The maximum Gasteiger partial charge on any atom is 0.270 e. The van der Waals surface area contributed by atoms with E-state index in [2.05, 4.69) is 5.32 Å². The summed E-state index contributed by atoms with van der Waals surface area (Å²) in [4.78, 5) is 0. The topological polar surface area (TPSA) is 21.3 Å². The predicted molar refractivity (Wildman–Crippen MR) is 62.5 cm³/mol. The van der Waals surface area contributed by atoms with Crippen LogP contribution in [0.4, 0.5) is 8.78 Å². The molecule has 1 unspecified atom stereocenters. The Balaban J connectivity index is 1.96. The van der Waals surface area contributed by atoms with Crippen LogP contribution in [0, 0.1) is 0 Å². The van der Waals surface area contributed by atoms with Crippen molar-refractivity contribution in [3.05, 3.63) is 29.8 Å². The molecule has 4 heteroatoms. The third-order valence-corrected chi connectivity index (χ3v) is 2.95. The first-order chi connectivity index (χ1) is 8.05. The molecular weight excluding hydrogens is 224 g/mol. The smallest absolute Gasteiger partial charge is 0.270 e. The van der Waals surface area contributed by atoms with Crippen LogP contribution in [0.5, 0.6) is 5.75 Å². The lowest BCUT2D eigenvalue weighted by atomic mass is 10.1. The molecule has 0 bridgehead atoms. The molecule has 1 aliphatic heterocycles. The Morgan fingerprint density at radius 3 is 2.94 bits per heavy atom. The van der Waals surface area contributed by atoms with Crippen molar-refractivity contribution in [3.8, 4) is 5.75 Å². The summed E-state index contributed by atoms with van der Waals surface area (Å²) >= 11 is 0. The number of alkyl halides is 2. The van der Waals surface area contributed by atoms with Gasteiger partial charge in [-0.2, -0.15) is 0 Å². The van der Waals surface area contributed by atoms with Crippen molar-refractivity contribution in [1.82, 2.24) is 5.32 Å². The third-order valence-electron chi connectivity index (χ3n) is 2.95.